The van der Waals surface area contributed by atoms with E-state index in [1.54, 1.807) is 0 Å². The molecule has 2 fully saturated rings. The molecule has 4 nitrogen and oxygen atoms in total. The van der Waals surface area contributed by atoms with Crippen molar-refractivity contribution in [2.24, 2.45) is 11.8 Å². The van der Waals surface area contributed by atoms with Crippen molar-refractivity contribution in [1.82, 2.24) is 10.6 Å². The number of ether oxygens (including phenoxy) is 1. The van der Waals surface area contributed by atoms with Crippen molar-refractivity contribution in [3.05, 3.63) is 35.9 Å². The van der Waals surface area contributed by atoms with Crippen molar-refractivity contribution in [1.29, 1.82) is 0 Å². The second-order valence-electron chi connectivity index (χ2n) is 5.77. The molecule has 0 radical (unpaired) electrons. The van der Waals surface area contributed by atoms with Crippen LogP contribution in [0, 0.1) is 11.8 Å². The van der Waals surface area contributed by atoms with Gasteiger partial charge in [0.1, 0.15) is 0 Å². The summed E-state index contributed by atoms with van der Waals surface area (Å²) in [5.41, 5.74) is 1.21. The Balaban J connectivity index is 1.69. The van der Waals surface area contributed by atoms with Crippen LogP contribution in [0.1, 0.15) is 24.4 Å². The average molecular weight is 274 g/mol. The highest BCUT2D eigenvalue weighted by atomic mass is 16.5. The summed E-state index contributed by atoms with van der Waals surface area (Å²) in [4.78, 5) is 12.5. The van der Waals surface area contributed by atoms with E-state index in [0.717, 1.165) is 0 Å². The van der Waals surface area contributed by atoms with E-state index in [4.69, 9.17) is 4.74 Å². The van der Waals surface area contributed by atoms with E-state index in [2.05, 4.69) is 22.8 Å². The molecule has 20 heavy (non-hydrogen) atoms. The molecule has 1 saturated heterocycles. The van der Waals surface area contributed by atoms with E-state index in [9.17, 15) is 4.79 Å². The van der Waals surface area contributed by atoms with Gasteiger partial charge >= 0.3 is 0 Å². The van der Waals surface area contributed by atoms with Gasteiger partial charge in [-0.3, -0.25) is 4.79 Å². The van der Waals surface area contributed by atoms with Gasteiger partial charge in [-0.05, 0) is 31.4 Å². The molecule has 1 saturated carbocycles. The predicted octanol–water partition coefficient (Wildman–Crippen LogP) is 1.49. The molecule has 2 aliphatic rings. The van der Waals surface area contributed by atoms with Crippen LogP contribution in [0.2, 0.25) is 0 Å². The van der Waals surface area contributed by atoms with Crippen molar-refractivity contribution < 1.29 is 9.53 Å². The van der Waals surface area contributed by atoms with E-state index in [-0.39, 0.29) is 23.9 Å². The highest BCUT2D eigenvalue weighted by Gasteiger charge is 2.38. The predicted molar refractivity (Wildman–Crippen MR) is 77.2 cm³/mol. The van der Waals surface area contributed by atoms with Gasteiger partial charge in [-0.2, -0.15) is 0 Å². The van der Waals surface area contributed by atoms with E-state index < -0.39 is 0 Å². The number of hydrogen-bond donors (Lipinski definition) is 2. The van der Waals surface area contributed by atoms with E-state index in [1.807, 2.05) is 25.2 Å². The van der Waals surface area contributed by atoms with E-state index in [1.165, 1.54) is 18.4 Å². The van der Waals surface area contributed by atoms with E-state index in [0.29, 0.717) is 19.1 Å². The number of likely N-dealkylation sites (N-methyl/N-ethyl adjacent to an activating group) is 1. The number of carbonyl (C=O) groups excluding carboxylic acids is 1. The minimum absolute atomic E-state index is 0.0787. The Labute approximate surface area is 119 Å². The van der Waals surface area contributed by atoms with Gasteiger partial charge in [-0.1, -0.05) is 30.3 Å². The van der Waals surface area contributed by atoms with Gasteiger partial charge in [0.2, 0.25) is 5.91 Å². The second-order valence-corrected chi connectivity index (χ2v) is 5.77. The maximum absolute atomic E-state index is 12.5. The Kier molecular flexibility index (Phi) is 4.03. The molecule has 108 valence electrons. The average Bonchev–Trinajstić information content (AvgIpc) is 3.21. The van der Waals surface area contributed by atoms with Gasteiger partial charge in [-0.15, -0.1) is 0 Å². The molecule has 3 atom stereocenters. The zero-order chi connectivity index (χ0) is 13.9. The molecule has 4 heteroatoms. The van der Waals surface area contributed by atoms with Crippen LogP contribution >= 0.6 is 0 Å². The largest absolute Gasteiger partial charge is 0.379 e. The number of benzene rings is 1. The van der Waals surface area contributed by atoms with Gasteiger partial charge in [0.05, 0.1) is 25.2 Å². The fourth-order valence-corrected chi connectivity index (χ4v) is 2.92. The highest BCUT2D eigenvalue weighted by Crippen LogP contribution is 2.41. The topological polar surface area (TPSA) is 50.4 Å². The molecular formula is C16H22N2O2. The van der Waals surface area contributed by atoms with Crippen LogP contribution in [0.3, 0.4) is 0 Å². The molecule has 1 aromatic carbocycles. The molecule has 1 amide bonds. The first-order valence-electron chi connectivity index (χ1n) is 7.40. The first-order chi connectivity index (χ1) is 9.79. The summed E-state index contributed by atoms with van der Waals surface area (Å²) in [5.74, 6) is 0.629. The summed E-state index contributed by atoms with van der Waals surface area (Å²) in [6.07, 6.45) is 2.41. The van der Waals surface area contributed by atoms with Crippen molar-refractivity contribution >= 4 is 5.91 Å². The van der Waals surface area contributed by atoms with Crippen molar-refractivity contribution in [2.75, 3.05) is 20.3 Å². The number of amides is 1. The molecule has 0 spiro atoms. The van der Waals surface area contributed by atoms with Crippen LogP contribution in [0.25, 0.3) is 0 Å². The lowest BCUT2D eigenvalue weighted by Gasteiger charge is -2.23. The summed E-state index contributed by atoms with van der Waals surface area (Å²) in [5, 5.41) is 6.41. The molecule has 0 aromatic heterocycles. The second kappa shape index (κ2) is 5.94. The SMILES string of the molecule is CNC1COCC1C(=O)NC(c1ccccc1)C1CC1. The quantitative estimate of drug-likeness (QED) is 0.855. The van der Waals surface area contributed by atoms with Crippen LogP contribution in [-0.4, -0.2) is 32.2 Å². The summed E-state index contributed by atoms with van der Waals surface area (Å²) in [6, 6.07) is 10.6. The monoisotopic (exact) mass is 274 g/mol. The number of nitrogens with one attached hydrogen (secondary N) is 2. The van der Waals surface area contributed by atoms with Gasteiger partial charge in [-0.25, -0.2) is 0 Å². The lowest BCUT2D eigenvalue weighted by atomic mass is 9.98. The van der Waals surface area contributed by atoms with E-state index >= 15 is 0 Å². The Bertz CT molecular complexity index is 459. The van der Waals surface area contributed by atoms with Crippen LogP contribution < -0.4 is 10.6 Å². The maximum Gasteiger partial charge on any atom is 0.227 e. The first kappa shape index (κ1) is 13.6. The smallest absolute Gasteiger partial charge is 0.227 e. The normalized spacial score (nSPS) is 27.2. The van der Waals surface area contributed by atoms with Crippen molar-refractivity contribution in [3.63, 3.8) is 0 Å². The summed E-state index contributed by atoms with van der Waals surface area (Å²) >= 11 is 0. The molecule has 0 bridgehead atoms. The minimum atomic E-state index is -0.0787. The number of hydrogen-bond acceptors (Lipinski definition) is 3. The van der Waals surface area contributed by atoms with Crippen LogP contribution in [0.4, 0.5) is 0 Å². The van der Waals surface area contributed by atoms with Crippen molar-refractivity contribution in [3.8, 4) is 0 Å². The molecular weight excluding hydrogens is 252 g/mol. The first-order valence-corrected chi connectivity index (χ1v) is 7.40. The number of rotatable bonds is 5. The Hall–Kier alpha value is -1.39. The third-order valence-corrected chi connectivity index (χ3v) is 4.34. The molecule has 1 aliphatic heterocycles. The Morgan fingerprint density at radius 2 is 2.00 bits per heavy atom. The van der Waals surface area contributed by atoms with Crippen molar-refractivity contribution in [2.45, 2.75) is 24.9 Å². The van der Waals surface area contributed by atoms with Gasteiger partial charge in [0.15, 0.2) is 0 Å². The molecule has 2 N–H and O–H groups in total. The fraction of sp³-hybridized carbons (Fsp3) is 0.562. The molecule has 1 aliphatic carbocycles. The molecule has 1 heterocycles. The lowest BCUT2D eigenvalue weighted by Crippen LogP contribution is -2.44. The maximum atomic E-state index is 12.5. The van der Waals surface area contributed by atoms with Crippen LogP contribution in [-0.2, 0) is 9.53 Å². The van der Waals surface area contributed by atoms with Gasteiger partial charge in [0.25, 0.3) is 0 Å². The zero-order valence-electron chi connectivity index (χ0n) is 11.8. The minimum Gasteiger partial charge on any atom is -0.379 e. The Morgan fingerprint density at radius 1 is 1.25 bits per heavy atom. The summed E-state index contributed by atoms with van der Waals surface area (Å²) in [6.45, 7) is 1.14. The van der Waals surface area contributed by atoms with Gasteiger partial charge < -0.3 is 15.4 Å². The number of carbonyl (C=O) groups is 1. The third-order valence-electron chi connectivity index (χ3n) is 4.34. The standard InChI is InChI=1S/C16H22N2O2/c1-17-14-10-20-9-13(14)16(19)18-15(12-7-8-12)11-5-3-2-4-6-11/h2-6,12-15,17H,7-10H2,1H3,(H,18,19). The lowest BCUT2D eigenvalue weighted by molar-refractivity contribution is -0.126. The molecule has 3 rings (SSSR count). The van der Waals surface area contributed by atoms with Crippen LogP contribution in [0.5, 0.6) is 0 Å². The molecule has 3 unspecified atom stereocenters. The third kappa shape index (κ3) is 2.86. The summed E-state index contributed by atoms with van der Waals surface area (Å²) in [7, 11) is 1.88. The Morgan fingerprint density at radius 3 is 2.65 bits per heavy atom. The summed E-state index contributed by atoms with van der Waals surface area (Å²) < 4.78 is 5.42. The van der Waals surface area contributed by atoms with Gasteiger partial charge in [0, 0.05) is 6.04 Å². The van der Waals surface area contributed by atoms with Crippen LogP contribution in [0.15, 0.2) is 30.3 Å². The fourth-order valence-electron chi connectivity index (χ4n) is 2.92. The molecule has 1 aromatic rings. The zero-order valence-corrected chi connectivity index (χ0v) is 11.8. The highest BCUT2D eigenvalue weighted by molar-refractivity contribution is 5.80.